The number of fused-ring (bicyclic) bond motifs is 1. The second kappa shape index (κ2) is 15.9. The number of ether oxygens (including phenoxy) is 2. The minimum Gasteiger partial charge on any atom is -0.490 e. The van der Waals surface area contributed by atoms with Gasteiger partial charge in [-0.1, -0.05) is 0 Å². The van der Waals surface area contributed by atoms with Crippen molar-refractivity contribution < 1.29 is 42.2 Å². The third-order valence-corrected chi connectivity index (χ3v) is 13.9. The van der Waals surface area contributed by atoms with Crippen molar-refractivity contribution in [3.8, 4) is 17.7 Å². The highest BCUT2D eigenvalue weighted by Gasteiger charge is 2.60. The summed E-state index contributed by atoms with van der Waals surface area (Å²) in [7, 11) is 0. The van der Waals surface area contributed by atoms with E-state index in [1.54, 1.807) is 47.5 Å². The largest absolute Gasteiger partial charge is 0.490 e. The lowest BCUT2D eigenvalue weighted by atomic mass is 9.75. The smallest absolute Gasteiger partial charge is 0.324 e. The summed E-state index contributed by atoms with van der Waals surface area (Å²) in [6.45, 7) is 5.26. The summed E-state index contributed by atoms with van der Waals surface area (Å²) in [6.07, 6.45) is 8.08. The van der Waals surface area contributed by atoms with Crippen LogP contribution in [0, 0.1) is 17.2 Å². The maximum absolute atomic E-state index is 14.4. The van der Waals surface area contributed by atoms with E-state index in [2.05, 4.69) is 34.0 Å². The van der Waals surface area contributed by atoms with Crippen LogP contribution >= 0.6 is 34.8 Å². The number of thiocarbonyl (C=S) groups is 1. The second-order valence-corrected chi connectivity index (χ2v) is 18.8. The molecule has 62 heavy (non-hydrogen) atoms. The average molecular weight is 979 g/mol. The van der Waals surface area contributed by atoms with E-state index in [1.165, 1.54) is 11.1 Å². The molecular formula is C43H41F2IN8O7S. The summed E-state index contributed by atoms with van der Waals surface area (Å²) >= 11 is 6.74. The molecule has 6 aliphatic rings. The van der Waals surface area contributed by atoms with Crippen LogP contribution in [-0.2, 0) is 18.3 Å². The minimum absolute atomic E-state index is 0.0119. The van der Waals surface area contributed by atoms with Gasteiger partial charge in [0.05, 0.1) is 40.5 Å². The molecule has 15 nitrogen and oxygen atoms in total. The molecule has 1 N–H and O–H groups in total. The molecule has 19 heteroatoms. The third kappa shape index (κ3) is 7.26. The molecule has 322 valence electrons. The van der Waals surface area contributed by atoms with E-state index in [-0.39, 0.29) is 52.9 Å². The van der Waals surface area contributed by atoms with Crippen LogP contribution in [0.4, 0.5) is 20.2 Å². The van der Waals surface area contributed by atoms with Crippen molar-refractivity contribution in [3.05, 3.63) is 71.2 Å². The zero-order chi connectivity index (χ0) is 43.8. The Morgan fingerprint density at radius 2 is 1.69 bits per heavy atom. The van der Waals surface area contributed by atoms with Crippen LogP contribution in [0.15, 0.2) is 48.8 Å². The molecule has 9 rings (SSSR count). The molecule has 3 aromatic rings. The van der Waals surface area contributed by atoms with Crippen LogP contribution in [0.5, 0.6) is 11.6 Å². The molecule has 1 spiro atoms. The van der Waals surface area contributed by atoms with Gasteiger partial charge < -0.3 is 14.4 Å². The number of alkyl halides is 3. The van der Waals surface area contributed by atoms with Crippen molar-refractivity contribution in [1.82, 2.24) is 25.1 Å². The molecule has 5 amide bonds. The Hall–Kier alpha value is -5.20. The molecular weight excluding hydrogens is 937 g/mol. The molecule has 0 bridgehead atoms. The van der Waals surface area contributed by atoms with E-state index >= 15 is 0 Å². The van der Waals surface area contributed by atoms with E-state index in [4.69, 9.17) is 21.7 Å². The van der Waals surface area contributed by atoms with E-state index in [0.29, 0.717) is 48.2 Å². The number of nitrogens with one attached hydrogen (secondary N) is 1. The predicted octanol–water partition coefficient (Wildman–Crippen LogP) is 5.77. The minimum atomic E-state index is -3.38. The highest BCUT2D eigenvalue weighted by atomic mass is 127. The Balaban J connectivity index is 0.773. The van der Waals surface area contributed by atoms with Gasteiger partial charge >= 0.3 is 3.93 Å². The molecule has 1 atom stereocenters. The van der Waals surface area contributed by atoms with Crippen molar-refractivity contribution in [2.75, 3.05) is 16.3 Å². The van der Waals surface area contributed by atoms with Gasteiger partial charge in [0.25, 0.3) is 17.7 Å². The van der Waals surface area contributed by atoms with Crippen LogP contribution < -0.4 is 24.6 Å². The Labute approximate surface area is 374 Å². The van der Waals surface area contributed by atoms with Crippen molar-refractivity contribution in [1.29, 1.82) is 5.26 Å². The average Bonchev–Trinajstić information content (AvgIpc) is 3.58. The van der Waals surface area contributed by atoms with Gasteiger partial charge in [-0.05, 0) is 101 Å². The first-order valence-corrected chi connectivity index (χ1v) is 22.1. The van der Waals surface area contributed by atoms with Gasteiger partial charge in [-0.3, -0.25) is 44.0 Å². The SMILES string of the molecule is CC(C)N(CC1CC(Oc2ccc(N3C(=S)N(c4cnc(C#N)c(C(F)(F)I)c4)C(=O)C34CCC4)cn2)C1)C1CC(Oc2ccc3c(c2)C(=O)N(C2CCC(=O)NC2=O)C3=O)C1. The molecule has 3 aliphatic carbocycles. The Morgan fingerprint density at radius 3 is 2.32 bits per heavy atom. The molecule has 1 unspecified atom stereocenters. The number of amides is 5. The lowest BCUT2D eigenvalue weighted by molar-refractivity contribution is -0.136. The summed E-state index contributed by atoms with van der Waals surface area (Å²) in [5.41, 5.74) is -0.927. The van der Waals surface area contributed by atoms with Crippen molar-refractivity contribution >= 4 is 80.8 Å². The van der Waals surface area contributed by atoms with Crippen LogP contribution in [-0.4, -0.2) is 96.8 Å². The fourth-order valence-electron chi connectivity index (χ4n) is 9.45. The fourth-order valence-corrected chi connectivity index (χ4v) is 10.3. The first-order chi connectivity index (χ1) is 29.6. The Kier molecular flexibility index (Phi) is 10.8. The van der Waals surface area contributed by atoms with Crippen LogP contribution in [0.3, 0.4) is 0 Å². The van der Waals surface area contributed by atoms with E-state index in [0.717, 1.165) is 72.2 Å². The maximum Gasteiger partial charge on any atom is 0.324 e. The number of aromatic nitrogens is 2. The number of piperidine rings is 1. The molecule has 3 aliphatic heterocycles. The van der Waals surface area contributed by atoms with Crippen LogP contribution in [0.2, 0.25) is 0 Å². The lowest BCUT2D eigenvalue weighted by Gasteiger charge is -2.48. The Bertz CT molecular complexity index is 2450. The van der Waals surface area contributed by atoms with E-state index < -0.39 is 50.4 Å². The number of nitrogens with zero attached hydrogens (tertiary/aromatic N) is 7. The number of nitriles is 1. The number of benzene rings is 1. The monoisotopic (exact) mass is 978 g/mol. The van der Waals surface area contributed by atoms with E-state index in [9.17, 15) is 38.0 Å². The number of hydrogen-bond acceptors (Lipinski definition) is 12. The summed E-state index contributed by atoms with van der Waals surface area (Å²) in [5, 5.41) is 11.7. The predicted molar refractivity (Wildman–Crippen MR) is 230 cm³/mol. The zero-order valence-electron chi connectivity index (χ0n) is 33.7. The molecule has 2 aromatic heterocycles. The standard InChI is InChI=1S/C43H41F2IN8O7S/c1-22(2)51(25-14-29(15-25)60-27-5-6-30-31(17-27)39(58)53(38(30)57)34-7-8-35(55)50-37(34)56)21-23-12-28(13-23)61-36-9-4-24(19-49-36)54-41(62)52(40(59)42(54)10-3-11-42)26-16-32(43(44,45)46)33(18-47)48-20-26/h4-6,9,16-17,19-20,22-23,25,28-29,34H,3,7-8,10-15,21H2,1-2H3,(H,50,55,56). The van der Waals surface area contributed by atoms with Crippen molar-refractivity contribution in [2.24, 2.45) is 5.92 Å². The fraction of sp³-hybridized carbons (Fsp3) is 0.465. The quantitative estimate of drug-likeness (QED) is 0.100. The molecule has 1 aromatic carbocycles. The van der Waals surface area contributed by atoms with Gasteiger partial charge in [0.15, 0.2) is 10.8 Å². The number of rotatable bonds is 12. The number of anilines is 2. The number of pyridine rings is 2. The first kappa shape index (κ1) is 42.1. The number of carbonyl (C=O) groups is 5. The molecule has 2 saturated heterocycles. The zero-order valence-corrected chi connectivity index (χ0v) is 36.7. The summed E-state index contributed by atoms with van der Waals surface area (Å²) < 4.78 is 38.0. The van der Waals surface area contributed by atoms with Crippen molar-refractivity contribution in [2.45, 2.75) is 111 Å². The van der Waals surface area contributed by atoms with Crippen LogP contribution in [0.1, 0.15) is 104 Å². The van der Waals surface area contributed by atoms with Crippen LogP contribution in [0.25, 0.3) is 0 Å². The van der Waals surface area contributed by atoms with Gasteiger partial charge in [0.1, 0.15) is 35.6 Å². The summed E-state index contributed by atoms with van der Waals surface area (Å²) in [5.74, 6) is -1.17. The highest BCUT2D eigenvalue weighted by Crippen LogP contribution is 2.49. The summed E-state index contributed by atoms with van der Waals surface area (Å²) in [4.78, 5) is 79.2. The normalized spacial score (nSPS) is 25.5. The van der Waals surface area contributed by atoms with Crippen molar-refractivity contribution in [3.63, 3.8) is 0 Å². The lowest BCUT2D eigenvalue weighted by Crippen LogP contribution is -2.55. The number of carbonyl (C=O) groups excluding carboxylic acids is 5. The maximum atomic E-state index is 14.4. The first-order valence-electron chi connectivity index (χ1n) is 20.6. The molecule has 5 heterocycles. The summed E-state index contributed by atoms with van der Waals surface area (Å²) in [6, 6.07) is 10.7. The Morgan fingerprint density at radius 1 is 0.984 bits per heavy atom. The topological polar surface area (TPSA) is 178 Å². The van der Waals surface area contributed by atoms with Gasteiger partial charge in [-0.15, -0.1) is 0 Å². The number of hydrogen-bond donors (Lipinski definition) is 1. The molecule has 3 saturated carbocycles. The number of halogens is 3. The highest BCUT2D eigenvalue weighted by molar-refractivity contribution is 14.1. The van der Waals surface area contributed by atoms with Gasteiger partial charge in [-0.25, -0.2) is 9.97 Å². The molecule has 5 fully saturated rings. The third-order valence-electron chi connectivity index (χ3n) is 13.0. The van der Waals surface area contributed by atoms with Gasteiger partial charge in [0, 0.05) is 66.5 Å². The van der Waals surface area contributed by atoms with Gasteiger partial charge in [-0.2, -0.15) is 14.0 Å². The second-order valence-electron chi connectivity index (χ2n) is 17.1. The number of imide groups is 2. The van der Waals surface area contributed by atoms with Gasteiger partial charge in [0.2, 0.25) is 17.7 Å². The van der Waals surface area contributed by atoms with E-state index in [1.807, 2.05) is 0 Å². The molecule has 0 radical (unpaired) electrons.